The van der Waals surface area contributed by atoms with E-state index in [0.717, 1.165) is 10.0 Å². The zero-order valence-corrected chi connectivity index (χ0v) is 11.4. The highest BCUT2D eigenvalue weighted by Crippen LogP contribution is 2.17. The fourth-order valence-corrected chi connectivity index (χ4v) is 1.81. The Labute approximate surface area is 112 Å². The molecule has 0 atom stereocenters. The summed E-state index contributed by atoms with van der Waals surface area (Å²) in [4.78, 5) is 19.7. The third kappa shape index (κ3) is 3.13. The number of rotatable bonds is 4. The van der Waals surface area contributed by atoms with Gasteiger partial charge < -0.3 is 5.32 Å². The molecule has 0 unspecified atom stereocenters. The molecule has 0 aliphatic heterocycles. The van der Waals surface area contributed by atoms with Crippen LogP contribution in [0.25, 0.3) is 11.4 Å². The molecule has 2 aromatic rings. The molecule has 0 radical (unpaired) electrons. The molecule has 2 N–H and O–H groups in total. The highest BCUT2D eigenvalue weighted by Gasteiger charge is 2.09. The van der Waals surface area contributed by atoms with Crippen LogP contribution in [0, 0.1) is 0 Å². The second-order valence-electron chi connectivity index (χ2n) is 3.63. The SMILES string of the molecule is CCNC(=O)Cc1nc(-c2cncc(Br)c2)n[nH]1. The van der Waals surface area contributed by atoms with E-state index in [1.165, 1.54) is 0 Å². The second-order valence-corrected chi connectivity index (χ2v) is 4.54. The lowest BCUT2D eigenvalue weighted by molar-refractivity contribution is -0.120. The van der Waals surface area contributed by atoms with Crippen molar-refractivity contribution in [1.82, 2.24) is 25.5 Å². The molecule has 6 nitrogen and oxygen atoms in total. The summed E-state index contributed by atoms with van der Waals surface area (Å²) < 4.78 is 0.857. The molecule has 0 spiro atoms. The van der Waals surface area contributed by atoms with Crippen LogP contribution in [0.2, 0.25) is 0 Å². The molecule has 7 heteroatoms. The van der Waals surface area contributed by atoms with Crippen molar-refractivity contribution in [3.05, 3.63) is 28.8 Å². The molecule has 1 amide bonds. The van der Waals surface area contributed by atoms with E-state index < -0.39 is 0 Å². The minimum absolute atomic E-state index is 0.0763. The molecule has 2 heterocycles. The Morgan fingerprint density at radius 1 is 1.50 bits per heavy atom. The van der Waals surface area contributed by atoms with Gasteiger partial charge in [0, 0.05) is 29.0 Å². The van der Waals surface area contributed by atoms with Crippen LogP contribution in [0.4, 0.5) is 0 Å². The van der Waals surface area contributed by atoms with Crippen molar-refractivity contribution in [2.24, 2.45) is 0 Å². The van der Waals surface area contributed by atoms with Gasteiger partial charge >= 0.3 is 0 Å². The van der Waals surface area contributed by atoms with Gasteiger partial charge in [-0.05, 0) is 28.9 Å². The smallest absolute Gasteiger partial charge is 0.227 e. The largest absolute Gasteiger partial charge is 0.356 e. The van der Waals surface area contributed by atoms with E-state index in [9.17, 15) is 4.79 Å². The summed E-state index contributed by atoms with van der Waals surface area (Å²) in [6.07, 6.45) is 3.55. The number of hydrogen-bond acceptors (Lipinski definition) is 4. The standard InChI is InChI=1S/C11H12BrN5O/c1-2-14-10(18)4-9-15-11(17-16-9)7-3-8(12)6-13-5-7/h3,5-6H,2,4H2,1H3,(H,14,18)(H,15,16,17). The van der Waals surface area contributed by atoms with Crippen molar-refractivity contribution in [3.8, 4) is 11.4 Å². The number of halogens is 1. The topological polar surface area (TPSA) is 83.6 Å². The van der Waals surface area contributed by atoms with Gasteiger partial charge in [-0.25, -0.2) is 4.98 Å². The third-order valence-corrected chi connectivity index (χ3v) is 2.63. The van der Waals surface area contributed by atoms with Gasteiger partial charge in [0.15, 0.2) is 5.82 Å². The Morgan fingerprint density at radius 2 is 2.33 bits per heavy atom. The van der Waals surface area contributed by atoms with Gasteiger partial charge in [-0.1, -0.05) is 0 Å². The average molecular weight is 310 g/mol. The maximum Gasteiger partial charge on any atom is 0.227 e. The fourth-order valence-electron chi connectivity index (χ4n) is 1.45. The summed E-state index contributed by atoms with van der Waals surface area (Å²) in [6, 6.07) is 1.87. The summed E-state index contributed by atoms with van der Waals surface area (Å²) in [5.41, 5.74) is 0.794. The molecular weight excluding hydrogens is 298 g/mol. The zero-order valence-electron chi connectivity index (χ0n) is 9.77. The van der Waals surface area contributed by atoms with Crippen LogP contribution in [0.3, 0.4) is 0 Å². The first-order valence-corrected chi connectivity index (χ1v) is 6.27. The Morgan fingerprint density at radius 3 is 3.06 bits per heavy atom. The normalized spacial score (nSPS) is 10.3. The number of pyridine rings is 1. The van der Waals surface area contributed by atoms with E-state index in [0.29, 0.717) is 18.2 Å². The predicted octanol–water partition coefficient (Wildman–Crippen LogP) is 1.31. The van der Waals surface area contributed by atoms with Gasteiger partial charge in [0.1, 0.15) is 5.82 Å². The van der Waals surface area contributed by atoms with E-state index in [-0.39, 0.29) is 12.3 Å². The lowest BCUT2D eigenvalue weighted by Crippen LogP contribution is -2.24. The van der Waals surface area contributed by atoms with E-state index in [1.54, 1.807) is 12.4 Å². The first kappa shape index (κ1) is 12.7. The number of H-pyrrole nitrogens is 1. The first-order valence-electron chi connectivity index (χ1n) is 5.48. The number of likely N-dealkylation sites (N-methyl/N-ethyl adjacent to an activating group) is 1. The molecule has 0 aromatic carbocycles. The number of hydrogen-bond donors (Lipinski definition) is 2. The van der Waals surface area contributed by atoms with Crippen LogP contribution in [-0.4, -0.2) is 32.6 Å². The van der Waals surface area contributed by atoms with E-state index >= 15 is 0 Å². The van der Waals surface area contributed by atoms with Crippen LogP contribution >= 0.6 is 15.9 Å². The Bertz CT molecular complexity index is 554. The highest BCUT2D eigenvalue weighted by atomic mass is 79.9. The summed E-state index contributed by atoms with van der Waals surface area (Å²) in [5.74, 6) is 0.992. The molecule has 0 saturated carbocycles. The molecule has 2 rings (SSSR count). The molecular formula is C11H12BrN5O. The van der Waals surface area contributed by atoms with Crippen molar-refractivity contribution >= 4 is 21.8 Å². The Hall–Kier alpha value is -1.76. The van der Waals surface area contributed by atoms with Gasteiger partial charge in [-0.15, -0.1) is 0 Å². The zero-order chi connectivity index (χ0) is 13.0. The summed E-state index contributed by atoms with van der Waals surface area (Å²) in [7, 11) is 0. The van der Waals surface area contributed by atoms with Crippen molar-refractivity contribution in [2.45, 2.75) is 13.3 Å². The maximum atomic E-state index is 11.4. The molecule has 0 aliphatic rings. The van der Waals surface area contributed by atoms with E-state index in [2.05, 4.69) is 41.4 Å². The number of amides is 1. The van der Waals surface area contributed by atoms with E-state index in [1.807, 2.05) is 13.0 Å². The van der Waals surface area contributed by atoms with Crippen molar-refractivity contribution < 1.29 is 4.79 Å². The van der Waals surface area contributed by atoms with Crippen molar-refractivity contribution in [2.75, 3.05) is 6.54 Å². The molecule has 2 aromatic heterocycles. The number of nitrogens with one attached hydrogen (secondary N) is 2. The maximum absolute atomic E-state index is 11.4. The Balaban J connectivity index is 2.13. The van der Waals surface area contributed by atoms with Gasteiger partial charge in [0.25, 0.3) is 0 Å². The number of aromatic amines is 1. The summed E-state index contributed by atoms with van der Waals surface area (Å²) in [5, 5.41) is 9.52. The molecule has 18 heavy (non-hydrogen) atoms. The van der Waals surface area contributed by atoms with Gasteiger partial charge in [-0.2, -0.15) is 5.10 Å². The monoisotopic (exact) mass is 309 g/mol. The lowest BCUT2D eigenvalue weighted by Gasteiger charge is -1.97. The molecule has 0 saturated heterocycles. The molecule has 94 valence electrons. The van der Waals surface area contributed by atoms with Gasteiger partial charge in [0.2, 0.25) is 5.91 Å². The molecule has 0 fully saturated rings. The number of carbonyl (C=O) groups is 1. The first-order chi connectivity index (χ1) is 8.69. The summed E-state index contributed by atoms with van der Waals surface area (Å²) in [6.45, 7) is 2.48. The number of nitrogens with zero attached hydrogens (tertiary/aromatic N) is 3. The van der Waals surface area contributed by atoms with Crippen LogP contribution in [0.1, 0.15) is 12.7 Å². The van der Waals surface area contributed by atoms with Crippen molar-refractivity contribution in [3.63, 3.8) is 0 Å². The van der Waals surface area contributed by atoms with Crippen LogP contribution in [-0.2, 0) is 11.2 Å². The van der Waals surface area contributed by atoms with Gasteiger partial charge in [-0.3, -0.25) is 14.9 Å². The highest BCUT2D eigenvalue weighted by molar-refractivity contribution is 9.10. The quantitative estimate of drug-likeness (QED) is 0.892. The third-order valence-electron chi connectivity index (χ3n) is 2.20. The van der Waals surface area contributed by atoms with Gasteiger partial charge in [0.05, 0.1) is 6.42 Å². The predicted molar refractivity (Wildman–Crippen MR) is 69.7 cm³/mol. The number of carbonyl (C=O) groups excluding carboxylic acids is 1. The van der Waals surface area contributed by atoms with Crippen LogP contribution in [0.5, 0.6) is 0 Å². The lowest BCUT2D eigenvalue weighted by atomic mass is 10.3. The minimum atomic E-state index is -0.0763. The van der Waals surface area contributed by atoms with Crippen molar-refractivity contribution in [1.29, 1.82) is 0 Å². The second kappa shape index (κ2) is 5.72. The minimum Gasteiger partial charge on any atom is -0.356 e. The molecule has 0 aliphatic carbocycles. The summed E-state index contributed by atoms with van der Waals surface area (Å²) >= 11 is 3.33. The Kier molecular flexibility index (Phi) is 4.03. The fraction of sp³-hybridized carbons (Fsp3) is 0.273. The van der Waals surface area contributed by atoms with E-state index in [4.69, 9.17) is 0 Å². The van der Waals surface area contributed by atoms with Crippen LogP contribution < -0.4 is 5.32 Å². The van der Waals surface area contributed by atoms with Crippen LogP contribution in [0.15, 0.2) is 22.9 Å². The average Bonchev–Trinajstić information content (AvgIpc) is 2.78. The number of aromatic nitrogens is 4. The molecule has 0 bridgehead atoms.